The molecule has 1 aliphatic rings. The molecule has 1 fully saturated rings. The number of pyridine rings is 1. The number of aromatic nitrogens is 1. The predicted molar refractivity (Wildman–Crippen MR) is 105 cm³/mol. The summed E-state index contributed by atoms with van der Waals surface area (Å²) in [5, 5.41) is 6.74. The first kappa shape index (κ1) is 20.2. The number of carbonyl (C=O) groups excluding carboxylic acids is 1. The third-order valence-corrected chi connectivity index (χ3v) is 4.68. The van der Waals surface area contributed by atoms with E-state index in [2.05, 4.69) is 32.4 Å². The van der Waals surface area contributed by atoms with Crippen molar-refractivity contribution in [2.75, 3.05) is 46.8 Å². The van der Waals surface area contributed by atoms with Crippen molar-refractivity contribution < 1.29 is 4.79 Å². The van der Waals surface area contributed by atoms with Crippen LogP contribution in [-0.4, -0.2) is 79.5 Å². The number of nitrogens with one attached hydrogen (secondary N) is 2. The zero-order valence-corrected chi connectivity index (χ0v) is 16.2. The van der Waals surface area contributed by atoms with E-state index in [-0.39, 0.29) is 12.5 Å². The first-order chi connectivity index (χ1) is 12.6. The van der Waals surface area contributed by atoms with Crippen LogP contribution in [0.5, 0.6) is 0 Å². The van der Waals surface area contributed by atoms with Crippen LogP contribution in [0.1, 0.15) is 25.5 Å². The molecule has 26 heavy (non-hydrogen) atoms. The standard InChI is InChI=1S/C19H32N6O/c1-4-25-13-7-9-17(25)14-22-19(23-15-18(26)24(2)3)21-12-10-16-8-5-6-11-20-16/h5-6,8,11,17H,4,7,9-10,12-15H2,1-3H3,(H2,21,22,23). The van der Waals surface area contributed by atoms with E-state index in [1.165, 1.54) is 19.4 Å². The molecule has 0 bridgehead atoms. The van der Waals surface area contributed by atoms with Crippen molar-refractivity contribution in [1.29, 1.82) is 0 Å². The summed E-state index contributed by atoms with van der Waals surface area (Å²) in [6, 6.07) is 6.45. The summed E-state index contributed by atoms with van der Waals surface area (Å²) in [5.74, 6) is 0.686. The van der Waals surface area contributed by atoms with E-state index >= 15 is 0 Å². The molecule has 1 aliphatic heterocycles. The molecular weight excluding hydrogens is 328 g/mol. The molecule has 1 unspecified atom stereocenters. The summed E-state index contributed by atoms with van der Waals surface area (Å²) in [4.78, 5) is 24.7. The van der Waals surface area contributed by atoms with Crippen molar-refractivity contribution in [2.45, 2.75) is 32.2 Å². The lowest BCUT2D eigenvalue weighted by molar-refractivity contribution is -0.127. The third-order valence-electron chi connectivity index (χ3n) is 4.68. The second kappa shape index (κ2) is 10.8. The minimum Gasteiger partial charge on any atom is -0.356 e. The Morgan fingerprint density at radius 3 is 2.92 bits per heavy atom. The van der Waals surface area contributed by atoms with Gasteiger partial charge in [-0.3, -0.25) is 14.7 Å². The van der Waals surface area contributed by atoms with E-state index in [9.17, 15) is 4.79 Å². The minimum absolute atomic E-state index is 0.00752. The predicted octanol–water partition coefficient (Wildman–Crippen LogP) is 0.732. The van der Waals surface area contributed by atoms with Gasteiger partial charge in [-0.2, -0.15) is 0 Å². The van der Waals surface area contributed by atoms with E-state index in [0.717, 1.165) is 31.7 Å². The van der Waals surface area contributed by atoms with Crippen molar-refractivity contribution in [3.8, 4) is 0 Å². The summed E-state index contributed by atoms with van der Waals surface area (Å²) in [6.07, 6.45) is 5.07. The number of amides is 1. The van der Waals surface area contributed by atoms with Gasteiger partial charge in [0.15, 0.2) is 5.96 Å². The smallest absolute Gasteiger partial charge is 0.243 e. The van der Waals surface area contributed by atoms with Crippen LogP contribution in [0, 0.1) is 0 Å². The fraction of sp³-hybridized carbons (Fsp3) is 0.632. The maximum Gasteiger partial charge on any atom is 0.243 e. The van der Waals surface area contributed by atoms with Gasteiger partial charge in [0.1, 0.15) is 6.54 Å². The van der Waals surface area contributed by atoms with Gasteiger partial charge in [-0.15, -0.1) is 0 Å². The molecule has 0 spiro atoms. The number of carbonyl (C=O) groups is 1. The highest BCUT2D eigenvalue weighted by atomic mass is 16.2. The summed E-state index contributed by atoms with van der Waals surface area (Å²) < 4.78 is 0. The lowest BCUT2D eigenvalue weighted by atomic mass is 10.2. The molecule has 7 nitrogen and oxygen atoms in total. The molecular formula is C19H32N6O. The molecule has 1 amide bonds. The quantitative estimate of drug-likeness (QED) is 0.528. The molecule has 7 heteroatoms. The first-order valence-corrected chi connectivity index (χ1v) is 9.46. The maximum absolute atomic E-state index is 11.8. The van der Waals surface area contributed by atoms with E-state index in [4.69, 9.17) is 0 Å². The van der Waals surface area contributed by atoms with E-state index in [1.54, 1.807) is 25.2 Å². The van der Waals surface area contributed by atoms with Crippen molar-refractivity contribution in [2.24, 2.45) is 4.99 Å². The molecule has 2 rings (SSSR count). The van der Waals surface area contributed by atoms with Crippen molar-refractivity contribution in [3.05, 3.63) is 30.1 Å². The second-order valence-corrected chi connectivity index (χ2v) is 6.76. The highest BCUT2D eigenvalue weighted by Crippen LogP contribution is 2.15. The Balaban J connectivity index is 1.87. The molecule has 1 saturated heterocycles. The van der Waals surface area contributed by atoms with E-state index in [0.29, 0.717) is 12.0 Å². The summed E-state index contributed by atoms with van der Waals surface area (Å²) >= 11 is 0. The molecule has 2 heterocycles. The Hall–Kier alpha value is -2.15. The fourth-order valence-electron chi connectivity index (χ4n) is 3.07. The molecule has 1 aromatic heterocycles. The number of hydrogen-bond acceptors (Lipinski definition) is 4. The molecule has 2 N–H and O–H groups in total. The maximum atomic E-state index is 11.8. The molecule has 0 aromatic carbocycles. The number of aliphatic imine (C=N–C) groups is 1. The summed E-state index contributed by atoms with van der Waals surface area (Å²) in [6.45, 7) is 6.16. The van der Waals surface area contributed by atoms with Gasteiger partial charge in [-0.25, -0.2) is 4.99 Å². The Labute approximate surface area is 156 Å². The van der Waals surface area contributed by atoms with Crippen LogP contribution in [0.25, 0.3) is 0 Å². The summed E-state index contributed by atoms with van der Waals surface area (Å²) in [7, 11) is 3.49. The van der Waals surface area contributed by atoms with Crippen LogP contribution < -0.4 is 10.6 Å². The van der Waals surface area contributed by atoms with Gasteiger partial charge in [0.05, 0.1) is 0 Å². The molecule has 1 atom stereocenters. The minimum atomic E-state index is -0.00752. The Morgan fingerprint density at radius 2 is 2.23 bits per heavy atom. The van der Waals surface area contributed by atoms with E-state index in [1.807, 2.05) is 18.2 Å². The molecule has 144 valence electrons. The number of rotatable bonds is 8. The fourth-order valence-corrected chi connectivity index (χ4v) is 3.07. The Kier molecular flexibility index (Phi) is 8.34. The zero-order chi connectivity index (χ0) is 18.8. The largest absolute Gasteiger partial charge is 0.356 e. The lowest BCUT2D eigenvalue weighted by Gasteiger charge is -2.24. The Bertz CT molecular complexity index is 575. The lowest BCUT2D eigenvalue weighted by Crippen LogP contribution is -2.45. The molecule has 0 aliphatic carbocycles. The highest BCUT2D eigenvalue weighted by molar-refractivity contribution is 5.84. The monoisotopic (exact) mass is 360 g/mol. The van der Waals surface area contributed by atoms with Gasteiger partial charge in [0.25, 0.3) is 0 Å². The van der Waals surface area contributed by atoms with Gasteiger partial charge >= 0.3 is 0 Å². The van der Waals surface area contributed by atoms with Crippen LogP contribution in [0.15, 0.2) is 29.4 Å². The molecule has 0 saturated carbocycles. The van der Waals surface area contributed by atoms with Crippen molar-refractivity contribution >= 4 is 11.9 Å². The van der Waals surface area contributed by atoms with Crippen LogP contribution in [0.3, 0.4) is 0 Å². The average molecular weight is 361 g/mol. The van der Waals surface area contributed by atoms with Crippen LogP contribution in [-0.2, 0) is 11.2 Å². The number of likely N-dealkylation sites (tertiary alicyclic amines) is 1. The molecule has 0 radical (unpaired) electrons. The van der Waals surface area contributed by atoms with Gasteiger partial charge in [0, 0.05) is 51.5 Å². The molecule has 1 aromatic rings. The third kappa shape index (κ3) is 6.63. The number of hydrogen-bond donors (Lipinski definition) is 2. The number of likely N-dealkylation sites (N-methyl/N-ethyl adjacent to an activating group) is 2. The van der Waals surface area contributed by atoms with Crippen molar-refractivity contribution in [3.63, 3.8) is 0 Å². The number of nitrogens with zero attached hydrogens (tertiary/aromatic N) is 4. The normalized spacial score (nSPS) is 18.0. The summed E-state index contributed by atoms with van der Waals surface area (Å²) in [5.41, 5.74) is 1.04. The topological polar surface area (TPSA) is 72.9 Å². The van der Waals surface area contributed by atoms with Gasteiger partial charge in [-0.05, 0) is 38.1 Å². The van der Waals surface area contributed by atoms with Crippen molar-refractivity contribution in [1.82, 2.24) is 25.4 Å². The Morgan fingerprint density at radius 1 is 1.38 bits per heavy atom. The van der Waals surface area contributed by atoms with Gasteiger partial charge in [-0.1, -0.05) is 13.0 Å². The van der Waals surface area contributed by atoms with E-state index < -0.39 is 0 Å². The van der Waals surface area contributed by atoms with Crippen LogP contribution in [0.4, 0.5) is 0 Å². The van der Waals surface area contributed by atoms with Gasteiger partial charge in [0.2, 0.25) is 5.91 Å². The SMILES string of the molecule is CCN1CCCC1CNC(=NCC(=O)N(C)C)NCCc1ccccn1. The van der Waals surface area contributed by atoms with Crippen LogP contribution >= 0.6 is 0 Å². The first-order valence-electron chi connectivity index (χ1n) is 9.46. The number of guanidine groups is 1. The zero-order valence-electron chi connectivity index (χ0n) is 16.2. The van der Waals surface area contributed by atoms with Gasteiger partial charge < -0.3 is 15.5 Å². The van der Waals surface area contributed by atoms with Crippen LogP contribution in [0.2, 0.25) is 0 Å². The average Bonchev–Trinajstić information content (AvgIpc) is 3.11. The highest BCUT2D eigenvalue weighted by Gasteiger charge is 2.22. The second-order valence-electron chi connectivity index (χ2n) is 6.76.